The molecule has 0 aliphatic heterocycles. The zero-order chi connectivity index (χ0) is 12.3. The molecular formula is C9H11NNaO5P. The Balaban J connectivity index is 0.00000256. The summed E-state index contributed by atoms with van der Waals surface area (Å²) in [6.45, 7) is 0. The van der Waals surface area contributed by atoms with Crippen LogP contribution < -0.4 is 40.4 Å². The number of hydrogen-bond donors (Lipinski definition) is 3. The van der Waals surface area contributed by atoms with Crippen molar-refractivity contribution in [1.82, 2.24) is 0 Å². The molecule has 0 aliphatic carbocycles. The standard InChI is InChI=1S/C9H12NO5P.Na/c10-7-3-1-6(2-4-7)5-8(9(11)12)16(13,14)15;/h1-4,8H,5,10H2,(H,11,12)(H2,13,14,15);/q;+1/p-1. The molecule has 8 heteroatoms. The molecule has 0 spiro atoms. The van der Waals surface area contributed by atoms with Gasteiger partial charge in [0.05, 0.1) is 5.97 Å². The van der Waals surface area contributed by atoms with Crippen LogP contribution in [0.25, 0.3) is 0 Å². The largest absolute Gasteiger partial charge is 1.00 e. The maximum Gasteiger partial charge on any atom is 1.00 e. The average Bonchev–Trinajstić information content (AvgIpc) is 2.14. The molecule has 0 aromatic heterocycles. The van der Waals surface area contributed by atoms with Crippen LogP contribution in [0.2, 0.25) is 0 Å². The first-order valence-electron chi connectivity index (χ1n) is 4.41. The van der Waals surface area contributed by atoms with Crippen molar-refractivity contribution < 1.29 is 53.8 Å². The van der Waals surface area contributed by atoms with Crippen molar-refractivity contribution >= 4 is 19.3 Å². The number of carbonyl (C=O) groups is 1. The van der Waals surface area contributed by atoms with Crippen molar-refractivity contribution in [2.24, 2.45) is 0 Å². The first kappa shape index (κ1) is 16.6. The maximum absolute atomic E-state index is 10.9. The topological polar surface area (TPSA) is 124 Å². The predicted molar refractivity (Wildman–Crippen MR) is 55.4 cm³/mol. The molecule has 0 radical (unpaired) electrons. The summed E-state index contributed by atoms with van der Waals surface area (Å²) >= 11 is 0. The van der Waals surface area contributed by atoms with E-state index in [0.29, 0.717) is 11.3 Å². The molecule has 4 N–H and O–H groups in total. The quantitative estimate of drug-likeness (QED) is 0.291. The van der Waals surface area contributed by atoms with Gasteiger partial charge in [0.25, 0.3) is 0 Å². The third-order valence-corrected chi connectivity index (χ3v) is 3.29. The van der Waals surface area contributed by atoms with E-state index in [0.717, 1.165) is 0 Å². The van der Waals surface area contributed by atoms with Gasteiger partial charge >= 0.3 is 37.2 Å². The second kappa shape index (κ2) is 6.54. The van der Waals surface area contributed by atoms with Crippen molar-refractivity contribution in [3.63, 3.8) is 0 Å². The SMILES string of the molecule is Nc1ccc(CC(C(=O)[O-])P(=O)(O)O)cc1.[Na+]. The molecule has 0 heterocycles. The summed E-state index contributed by atoms with van der Waals surface area (Å²) in [4.78, 5) is 28.2. The molecule has 17 heavy (non-hydrogen) atoms. The van der Waals surface area contributed by atoms with Gasteiger partial charge in [0.2, 0.25) is 0 Å². The molecule has 0 fully saturated rings. The van der Waals surface area contributed by atoms with Gasteiger partial charge in [-0.2, -0.15) is 0 Å². The Bertz CT molecular complexity index is 430. The fourth-order valence-electron chi connectivity index (χ4n) is 1.22. The Hall–Kier alpha value is -0.360. The van der Waals surface area contributed by atoms with Crippen LogP contribution in [0.3, 0.4) is 0 Å². The number of anilines is 1. The van der Waals surface area contributed by atoms with Gasteiger partial charge in [-0.3, -0.25) is 4.57 Å². The predicted octanol–water partition coefficient (Wildman–Crippen LogP) is -3.89. The zero-order valence-corrected chi connectivity index (χ0v) is 12.1. The molecule has 0 saturated heterocycles. The number of nitrogens with two attached hydrogens (primary N) is 1. The molecule has 1 atom stereocenters. The van der Waals surface area contributed by atoms with Gasteiger partial charge in [-0.1, -0.05) is 12.1 Å². The molecule has 88 valence electrons. The van der Waals surface area contributed by atoms with Gasteiger partial charge in [-0.05, 0) is 24.1 Å². The number of carboxylic acids is 1. The molecule has 6 nitrogen and oxygen atoms in total. The summed E-state index contributed by atoms with van der Waals surface area (Å²) in [7, 11) is -4.70. The normalized spacial score (nSPS) is 12.6. The van der Waals surface area contributed by atoms with Crippen LogP contribution in [0, 0.1) is 0 Å². The minimum absolute atomic E-state index is 0. The van der Waals surface area contributed by atoms with Crippen LogP contribution in [0.4, 0.5) is 5.69 Å². The first-order chi connectivity index (χ1) is 7.30. The fraction of sp³-hybridized carbons (Fsp3) is 0.222. The third-order valence-electron chi connectivity index (χ3n) is 2.09. The molecule has 1 unspecified atom stereocenters. The Morgan fingerprint density at radius 1 is 1.35 bits per heavy atom. The number of carboxylic acid groups (broad SMARTS) is 1. The average molecular weight is 267 g/mol. The van der Waals surface area contributed by atoms with Crippen molar-refractivity contribution in [1.29, 1.82) is 0 Å². The van der Waals surface area contributed by atoms with E-state index in [1.807, 2.05) is 0 Å². The van der Waals surface area contributed by atoms with Gasteiger partial charge in [-0.15, -0.1) is 0 Å². The number of benzene rings is 1. The molecule has 0 amide bonds. The van der Waals surface area contributed by atoms with Crippen molar-refractivity contribution in [2.75, 3.05) is 5.73 Å². The van der Waals surface area contributed by atoms with E-state index in [1.165, 1.54) is 24.3 Å². The number of hydrogen-bond acceptors (Lipinski definition) is 4. The monoisotopic (exact) mass is 267 g/mol. The Labute approximate surface area is 120 Å². The van der Waals surface area contributed by atoms with Gasteiger partial charge in [0.1, 0.15) is 5.66 Å². The molecule has 0 bridgehead atoms. The zero-order valence-electron chi connectivity index (χ0n) is 9.24. The number of aliphatic carboxylic acids is 1. The minimum Gasteiger partial charge on any atom is -0.549 e. The van der Waals surface area contributed by atoms with Crippen molar-refractivity contribution in [3.8, 4) is 0 Å². The van der Waals surface area contributed by atoms with E-state index < -0.39 is 19.2 Å². The summed E-state index contributed by atoms with van der Waals surface area (Å²) in [5, 5.41) is 10.6. The third kappa shape index (κ3) is 5.21. The minimum atomic E-state index is -4.70. The van der Waals surface area contributed by atoms with Gasteiger partial charge in [0, 0.05) is 5.69 Å². The van der Waals surface area contributed by atoms with Crippen LogP contribution in [0.15, 0.2) is 24.3 Å². The van der Waals surface area contributed by atoms with Crippen LogP contribution in [0.1, 0.15) is 5.56 Å². The fourth-order valence-corrected chi connectivity index (χ4v) is 1.94. The van der Waals surface area contributed by atoms with Crippen LogP contribution in [-0.4, -0.2) is 21.4 Å². The van der Waals surface area contributed by atoms with E-state index in [-0.39, 0.29) is 36.0 Å². The summed E-state index contributed by atoms with van der Waals surface area (Å²) in [6, 6.07) is 6.09. The summed E-state index contributed by atoms with van der Waals surface area (Å²) < 4.78 is 10.9. The Morgan fingerprint density at radius 3 is 2.18 bits per heavy atom. The number of carbonyl (C=O) groups excluding carboxylic acids is 1. The van der Waals surface area contributed by atoms with Crippen LogP contribution in [0.5, 0.6) is 0 Å². The van der Waals surface area contributed by atoms with Crippen molar-refractivity contribution in [3.05, 3.63) is 29.8 Å². The van der Waals surface area contributed by atoms with E-state index in [9.17, 15) is 14.5 Å². The molecule has 1 aromatic rings. The van der Waals surface area contributed by atoms with E-state index >= 15 is 0 Å². The maximum atomic E-state index is 10.9. The Morgan fingerprint density at radius 2 is 1.82 bits per heavy atom. The van der Waals surface area contributed by atoms with E-state index in [2.05, 4.69) is 0 Å². The summed E-state index contributed by atoms with van der Waals surface area (Å²) in [6.07, 6.45) is -0.285. The van der Waals surface area contributed by atoms with Crippen LogP contribution in [-0.2, 0) is 15.8 Å². The first-order valence-corrected chi connectivity index (χ1v) is 6.09. The number of rotatable bonds is 4. The van der Waals surface area contributed by atoms with E-state index in [1.54, 1.807) is 0 Å². The molecular weight excluding hydrogens is 256 g/mol. The van der Waals surface area contributed by atoms with Crippen molar-refractivity contribution in [2.45, 2.75) is 12.1 Å². The van der Waals surface area contributed by atoms with Gasteiger partial charge in [0.15, 0.2) is 0 Å². The molecule has 1 rings (SSSR count). The smallest absolute Gasteiger partial charge is 0.549 e. The second-order valence-electron chi connectivity index (χ2n) is 3.37. The van der Waals surface area contributed by atoms with E-state index in [4.69, 9.17) is 15.5 Å². The molecule has 0 aliphatic rings. The molecule has 1 aromatic carbocycles. The number of nitrogen functional groups attached to an aromatic ring is 1. The summed E-state index contributed by atoms with van der Waals surface area (Å²) in [5.41, 5.74) is 4.57. The van der Waals surface area contributed by atoms with Crippen LogP contribution >= 0.6 is 7.60 Å². The van der Waals surface area contributed by atoms with Gasteiger partial charge < -0.3 is 25.4 Å². The van der Waals surface area contributed by atoms with Gasteiger partial charge in [-0.25, -0.2) is 0 Å². The Kier molecular flexibility index (Phi) is 6.40. The second-order valence-corrected chi connectivity index (χ2v) is 5.17. The summed E-state index contributed by atoms with van der Waals surface area (Å²) in [5.74, 6) is -1.76. The molecule has 0 saturated carbocycles.